The first-order chi connectivity index (χ1) is 6.45. The van der Waals surface area contributed by atoms with E-state index in [2.05, 4.69) is 5.32 Å². The number of piperidine rings is 1. The first-order valence-electron chi connectivity index (χ1n) is 6.12. The van der Waals surface area contributed by atoms with Crippen LogP contribution in [0.1, 0.15) is 38.5 Å². The minimum Gasteiger partial charge on any atom is -0.344 e. The van der Waals surface area contributed by atoms with Crippen molar-refractivity contribution in [2.45, 2.75) is 44.6 Å². The van der Waals surface area contributed by atoms with Crippen molar-refractivity contribution in [3.63, 3.8) is 0 Å². The Kier molecular flexibility index (Phi) is 3.62. The van der Waals surface area contributed by atoms with Crippen molar-refractivity contribution in [3.05, 3.63) is 0 Å². The summed E-state index contributed by atoms with van der Waals surface area (Å²) in [6.45, 7) is 5.74. The lowest BCUT2D eigenvalue weighted by Gasteiger charge is -2.21. The zero-order valence-electron chi connectivity index (χ0n) is 8.73. The number of rotatable bonds is 3. The molecule has 2 heteroatoms. The molecule has 0 aliphatic carbocycles. The molecule has 2 saturated heterocycles. The molecule has 2 fully saturated rings. The highest BCUT2D eigenvalue weighted by Crippen LogP contribution is 2.03. The first-order valence-corrected chi connectivity index (χ1v) is 6.12. The Hall–Kier alpha value is -0.0800. The number of likely N-dealkylation sites (tertiary alicyclic amines) is 1. The number of hydrogen-bond donors (Lipinski definition) is 2. The lowest BCUT2D eigenvalue weighted by Crippen LogP contribution is -3.10. The van der Waals surface area contributed by atoms with Crippen LogP contribution in [-0.4, -0.2) is 32.2 Å². The van der Waals surface area contributed by atoms with E-state index in [0.717, 1.165) is 6.04 Å². The van der Waals surface area contributed by atoms with Gasteiger partial charge < -0.3 is 10.2 Å². The van der Waals surface area contributed by atoms with Crippen LogP contribution < -0.4 is 10.2 Å². The highest BCUT2D eigenvalue weighted by Gasteiger charge is 2.20. The van der Waals surface area contributed by atoms with E-state index in [9.17, 15) is 0 Å². The molecule has 1 atom stereocenters. The molecule has 0 aromatic carbocycles. The van der Waals surface area contributed by atoms with E-state index in [1.165, 1.54) is 64.7 Å². The van der Waals surface area contributed by atoms with Crippen molar-refractivity contribution < 1.29 is 10.2 Å². The summed E-state index contributed by atoms with van der Waals surface area (Å²) < 4.78 is 0. The number of nitrogens with one attached hydrogen (secondary N) is 1. The maximum atomic E-state index is 2.58. The molecule has 2 heterocycles. The minimum atomic E-state index is 0.974. The van der Waals surface area contributed by atoms with E-state index >= 15 is 0 Å². The van der Waals surface area contributed by atoms with Crippen LogP contribution in [0.5, 0.6) is 0 Å². The van der Waals surface area contributed by atoms with Crippen LogP contribution in [0.15, 0.2) is 0 Å². The lowest BCUT2D eigenvalue weighted by atomic mass is 10.0. The second kappa shape index (κ2) is 4.97. The van der Waals surface area contributed by atoms with E-state index in [4.69, 9.17) is 0 Å². The summed E-state index contributed by atoms with van der Waals surface area (Å²) in [6.07, 6.45) is 8.83. The zero-order valence-corrected chi connectivity index (χ0v) is 8.73. The third-order valence-corrected chi connectivity index (χ3v) is 3.71. The predicted octanol–water partition coefficient (Wildman–Crippen LogP) is -0.829. The van der Waals surface area contributed by atoms with Gasteiger partial charge in [0, 0.05) is 19.3 Å². The molecule has 0 bridgehead atoms. The van der Waals surface area contributed by atoms with Gasteiger partial charge in [-0.1, -0.05) is 0 Å². The van der Waals surface area contributed by atoms with Crippen LogP contribution >= 0.6 is 0 Å². The molecule has 0 amide bonds. The summed E-state index contributed by atoms with van der Waals surface area (Å²) in [5.41, 5.74) is 0. The molecule has 2 rings (SSSR count). The Labute approximate surface area is 81.7 Å². The third-order valence-electron chi connectivity index (χ3n) is 3.71. The molecule has 3 N–H and O–H groups in total. The molecular weight excluding hydrogens is 160 g/mol. The van der Waals surface area contributed by atoms with Gasteiger partial charge >= 0.3 is 0 Å². The molecule has 0 aromatic heterocycles. The van der Waals surface area contributed by atoms with E-state index in [0.29, 0.717) is 0 Å². The number of nitrogens with two attached hydrogens (primary N) is 1. The Morgan fingerprint density at radius 1 is 1.08 bits per heavy atom. The highest BCUT2D eigenvalue weighted by atomic mass is 15.1. The summed E-state index contributed by atoms with van der Waals surface area (Å²) in [6, 6.07) is 0.974. The number of quaternary nitrogens is 2. The fourth-order valence-electron chi connectivity index (χ4n) is 2.80. The van der Waals surface area contributed by atoms with Gasteiger partial charge in [-0.3, -0.25) is 0 Å². The minimum absolute atomic E-state index is 0.974. The van der Waals surface area contributed by atoms with Gasteiger partial charge in [-0.2, -0.15) is 0 Å². The van der Waals surface area contributed by atoms with E-state index in [1.54, 1.807) is 0 Å². The van der Waals surface area contributed by atoms with E-state index in [1.807, 2.05) is 4.90 Å². The molecule has 2 aliphatic heterocycles. The Balaban J connectivity index is 1.60. The molecule has 0 saturated carbocycles. The summed E-state index contributed by atoms with van der Waals surface area (Å²) in [4.78, 5) is 1.87. The second-order valence-corrected chi connectivity index (χ2v) is 4.78. The number of hydrogen-bond acceptors (Lipinski definition) is 0. The summed E-state index contributed by atoms with van der Waals surface area (Å²) >= 11 is 0. The average molecular weight is 184 g/mol. The molecule has 2 aliphatic rings. The largest absolute Gasteiger partial charge is 0.344 e. The van der Waals surface area contributed by atoms with Crippen LogP contribution in [-0.2, 0) is 0 Å². The second-order valence-electron chi connectivity index (χ2n) is 4.78. The Morgan fingerprint density at radius 2 is 1.92 bits per heavy atom. The molecule has 76 valence electrons. The van der Waals surface area contributed by atoms with Crippen LogP contribution in [0.3, 0.4) is 0 Å². The molecule has 13 heavy (non-hydrogen) atoms. The predicted molar refractivity (Wildman–Crippen MR) is 53.8 cm³/mol. The SMILES string of the molecule is C1CC[C@H](CC[NH+]2CCCC2)[NH2+]C1. The van der Waals surface area contributed by atoms with Gasteiger partial charge in [0.1, 0.15) is 0 Å². The molecule has 2 nitrogen and oxygen atoms in total. The molecule has 0 unspecified atom stereocenters. The average Bonchev–Trinajstić information content (AvgIpc) is 2.69. The van der Waals surface area contributed by atoms with Gasteiger partial charge in [0.05, 0.1) is 32.2 Å². The standard InChI is InChI=1S/C11H22N2/c1-2-7-12-11(5-1)6-10-13-8-3-4-9-13/h11-12H,1-10H2/p+2/t11-/m1/s1. The van der Waals surface area contributed by atoms with Crippen molar-refractivity contribution in [2.24, 2.45) is 0 Å². The van der Waals surface area contributed by atoms with Gasteiger partial charge in [-0.25, -0.2) is 0 Å². The zero-order chi connectivity index (χ0) is 8.93. The van der Waals surface area contributed by atoms with Crippen molar-refractivity contribution in [1.82, 2.24) is 0 Å². The van der Waals surface area contributed by atoms with Crippen LogP contribution in [0.2, 0.25) is 0 Å². The van der Waals surface area contributed by atoms with E-state index < -0.39 is 0 Å². The quantitative estimate of drug-likeness (QED) is 0.571. The maximum Gasteiger partial charge on any atom is 0.0913 e. The summed E-state index contributed by atoms with van der Waals surface area (Å²) in [5.74, 6) is 0. The normalized spacial score (nSPS) is 30.9. The van der Waals surface area contributed by atoms with Crippen LogP contribution in [0.25, 0.3) is 0 Å². The molecule has 0 radical (unpaired) electrons. The van der Waals surface area contributed by atoms with E-state index in [-0.39, 0.29) is 0 Å². The van der Waals surface area contributed by atoms with Crippen molar-refractivity contribution in [1.29, 1.82) is 0 Å². The van der Waals surface area contributed by atoms with Gasteiger partial charge in [0.15, 0.2) is 0 Å². The molecular formula is C11H24N2+2. The van der Waals surface area contributed by atoms with Crippen LogP contribution in [0, 0.1) is 0 Å². The van der Waals surface area contributed by atoms with Crippen LogP contribution in [0.4, 0.5) is 0 Å². The van der Waals surface area contributed by atoms with Gasteiger partial charge in [-0.05, 0) is 19.3 Å². The highest BCUT2D eigenvalue weighted by molar-refractivity contribution is 4.58. The van der Waals surface area contributed by atoms with Gasteiger partial charge in [0.25, 0.3) is 0 Å². The van der Waals surface area contributed by atoms with Crippen molar-refractivity contribution in [2.75, 3.05) is 26.2 Å². The smallest absolute Gasteiger partial charge is 0.0913 e. The molecule has 0 spiro atoms. The topological polar surface area (TPSA) is 21.1 Å². The summed E-state index contributed by atoms with van der Waals surface area (Å²) in [7, 11) is 0. The Morgan fingerprint density at radius 3 is 2.62 bits per heavy atom. The first kappa shape index (κ1) is 9.47. The Bertz CT molecular complexity index is 135. The lowest BCUT2D eigenvalue weighted by molar-refractivity contribution is -0.890. The van der Waals surface area contributed by atoms with Crippen molar-refractivity contribution >= 4 is 0 Å². The third kappa shape index (κ3) is 2.96. The monoisotopic (exact) mass is 184 g/mol. The van der Waals surface area contributed by atoms with Gasteiger partial charge in [-0.15, -0.1) is 0 Å². The summed E-state index contributed by atoms with van der Waals surface area (Å²) in [5, 5.41) is 2.58. The maximum absolute atomic E-state index is 2.58. The van der Waals surface area contributed by atoms with Gasteiger partial charge in [0.2, 0.25) is 0 Å². The fraction of sp³-hybridized carbons (Fsp3) is 1.00. The fourth-order valence-corrected chi connectivity index (χ4v) is 2.80. The van der Waals surface area contributed by atoms with Crippen molar-refractivity contribution in [3.8, 4) is 0 Å². The molecule has 0 aromatic rings.